The molecule has 0 saturated carbocycles. The van der Waals surface area contributed by atoms with Crippen LogP contribution in [0.4, 0.5) is 0 Å². The monoisotopic (exact) mass is 297 g/mol. The second-order valence-corrected chi connectivity index (χ2v) is 5.98. The van der Waals surface area contributed by atoms with Crippen molar-refractivity contribution in [2.24, 2.45) is 7.05 Å². The molecule has 4 heteroatoms. The third-order valence-corrected chi connectivity index (χ3v) is 4.43. The Hall–Kier alpha value is -2.36. The Kier molecular flexibility index (Phi) is 3.39. The van der Waals surface area contributed by atoms with Crippen LogP contribution >= 0.6 is 0 Å². The highest BCUT2D eigenvalue weighted by Gasteiger charge is 2.27. The van der Waals surface area contributed by atoms with E-state index in [1.54, 1.807) is 17.7 Å². The Morgan fingerprint density at radius 1 is 1.32 bits per heavy atom. The Balaban J connectivity index is 2.36. The van der Waals surface area contributed by atoms with Crippen molar-refractivity contribution in [3.05, 3.63) is 56.9 Å². The van der Waals surface area contributed by atoms with Crippen molar-refractivity contribution < 1.29 is 9.53 Å². The Morgan fingerprint density at radius 3 is 2.73 bits per heavy atom. The number of hydrogen-bond donors (Lipinski definition) is 0. The van der Waals surface area contributed by atoms with E-state index in [1.807, 2.05) is 6.92 Å². The van der Waals surface area contributed by atoms with Crippen LogP contribution in [0.15, 0.2) is 29.1 Å². The molecule has 2 aromatic rings. The summed E-state index contributed by atoms with van der Waals surface area (Å²) >= 11 is 0. The predicted octanol–water partition coefficient (Wildman–Crippen LogP) is 2.81. The van der Waals surface area contributed by atoms with Crippen LogP contribution in [0.5, 0.6) is 0 Å². The molecule has 0 amide bonds. The van der Waals surface area contributed by atoms with Crippen LogP contribution in [0.2, 0.25) is 0 Å². The third kappa shape index (κ3) is 2.06. The quantitative estimate of drug-likeness (QED) is 0.760. The molecule has 1 unspecified atom stereocenters. The summed E-state index contributed by atoms with van der Waals surface area (Å²) in [7, 11) is 3.01. The first-order valence-corrected chi connectivity index (χ1v) is 7.36. The van der Waals surface area contributed by atoms with Gasteiger partial charge in [-0.05, 0) is 42.5 Å². The SMILES string of the molecule is COC(=O)c1cc2c(n(C)c1=O)-c1cc(C)ccc1CC2C. The summed E-state index contributed by atoms with van der Waals surface area (Å²) in [5.41, 5.74) is 5.22. The number of nitrogens with zero attached hydrogens (tertiary/aromatic N) is 1. The third-order valence-electron chi connectivity index (χ3n) is 4.43. The fourth-order valence-corrected chi connectivity index (χ4v) is 3.26. The molecule has 0 bridgehead atoms. The van der Waals surface area contributed by atoms with Gasteiger partial charge in [0.2, 0.25) is 0 Å². The Bertz CT molecular complexity index is 833. The Morgan fingerprint density at radius 2 is 2.05 bits per heavy atom. The van der Waals surface area contributed by atoms with E-state index in [4.69, 9.17) is 4.74 Å². The van der Waals surface area contributed by atoms with Crippen molar-refractivity contribution in [1.82, 2.24) is 4.57 Å². The lowest BCUT2D eigenvalue weighted by atomic mass is 9.81. The number of ether oxygens (including phenoxy) is 1. The van der Waals surface area contributed by atoms with Gasteiger partial charge in [-0.1, -0.05) is 24.6 Å². The highest BCUT2D eigenvalue weighted by atomic mass is 16.5. The molecular weight excluding hydrogens is 278 g/mol. The van der Waals surface area contributed by atoms with E-state index in [9.17, 15) is 9.59 Å². The molecule has 114 valence electrons. The second kappa shape index (κ2) is 5.13. The average molecular weight is 297 g/mol. The molecule has 1 heterocycles. The average Bonchev–Trinajstić information content (AvgIpc) is 2.50. The number of methoxy groups -OCH3 is 1. The molecule has 0 radical (unpaired) electrons. The summed E-state index contributed by atoms with van der Waals surface area (Å²) in [6.07, 6.45) is 0.904. The van der Waals surface area contributed by atoms with Crippen LogP contribution in [0.1, 0.15) is 39.9 Å². The number of fused-ring (bicyclic) bond motifs is 3. The first-order chi connectivity index (χ1) is 10.4. The molecule has 1 aliphatic carbocycles. The molecule has 0 spiro atoms. The van der Waals surface area contributed by atoms with Crippen LogP contribution in [0, 0.1) is 6.92 Å². The lowest BCUT2D eigenvalue weighted by Gasteiger charge is -2.28. The highest BCUT2D eigenvalue weighted by molar-refractivity contribution is 5.90. The van der Waals surface area contributed by atoms with E-state index in [1.165, 1.54) is 12.7 Å². The first-order valence-electron chi connectivity index (χ1n) is 7.36. The van der Waals surface area contributed by atoms with Crippen molar-refractivity contribution in [2.75, 3.05) is 7.11 Å². The fourth-order valence-electron chi connectivity index (χ4n) is 3.26. The van der Waals surface area contributed by atoms with Crippen LogP contribution in [-0.4, -0.2) is 17.6 Å². The standard InChI is InChI=1S/C18H19NO3/c1-10-5-6-12-8-11(2)13-9-15(18(21)22-4)17(20)19(3)16(13)14(12)7-10/h5-7,9,11H,8H2,1-4H3. The highest BCUT2D eigenvalue weighted by Crippen LogP contribution is 2.39. The van der Waals surface area contributed by atoms with Gasteiger partial charge in [0.05, 0.1) is 12.8 Å². The van der Waals surface area contributed by atoms with E-state index in [2.05, 4.69) is 25.1 Å². The zero-order valence-corrected chi connectivity index (χ0v) is 13.3. The zero-order chi connectivity index (χ0) is 16.0. The number of pyridine rings is 1. The number of aromatic nitrogens is 1. The number of benzene rings is 1. The van der Waals surface area contributed by atoms with Gasteiger partial charge in [-0.3, -0.25) is 4.79 Å². The molecule has 1 aromatic heterocycles. The minimum atomic E-state index is -0.578. The molecular formula is C18H19NO3. The van der Waals surface area contributed by atoms with Crippen LogP contribution in [0.25, 0.3) is 11.3 Å². The number of aryl methyl sites for hydroxylation is 1. The number of carbonyl (C=O) groups excluding carboxylic acids is 1. The van der Waals surface area contributed by atoms with Gasteiger partial charge in [-0.2, -0.15) is 0 Å². The first kappa shape index (κ1) is 14.6. The van der Waals surface area contributed by atoms with E-state index < -0.39 is 5.97 Å². The molecule has 0 saturated heterocycles. The normalized spacial score (nSPS) is 15.9. The molecule has 1 aromatic carbocycles. The Labute approximate surface area is 129 Å². The maximum Gasteiger partial charge on any atom is 0.343 e. The topological polar surface area (TPSA) is 48.3 Å². The molecule has 0 aliphatic heterocycles. The predicted molar refractivity (Wildman–Crippen MR) is 85.3 cm³/mol. The van der Waals surface area contributed by atoms with E-state index in [0.29, 0.717) is 0 Å². The summed E-state index contributed by atoms with van der Waals surface area (Å²) in [6.45, 7) is 4.16. The van der Waals surface area contributed by atoms with Gasteiger partial charge >= 0.3 is 5.97 Å². The lowest BCUT2D eigenvalue weighted by Crippen LogP contribution is -2.29. The van der Waals surface area contributed by atoms with Crippen molar-refractivity contribution in [3.8, 4) is 11.3 Å². The number of esters is 1. The largest absolute Gasteiger partial charge is 0.465 e. The zero-order valence-electron chi connectivity index (χ0n) is 13.3. The lowest BCUT2D eigenvalue weighted by molar-refractivity contribution is 0.0598. The molecule has 22 heavy (non-hydrogen) atoms. The molecule has 1 aliphatic rings. The maximum absolute atomic E-state index is 12.5. The van der Waals surface area contributed by atoms with Gasteiger partial charge in [0.15, 0.2) is 0 Å². The van der Waals surface area contributed by atoms with Crippen molar-refractivity contribution in [2.45, 2.75) is 26.2 Å². The van der Waals surface area contributed by atoms with E-state index >= 15 is 0 Å². The molecule has 0 N–H and O–H groups in total. The fraction of sp³-hybridized carbons (Fsp3) is 0.333. The second-order valence-electron chi connectivity index (χ2n) is 5.98. The minimum Gasteiger partial charge on any atom is -0.465 e. The number of carbonyl (C=O) groups is 1. The number of hydrogen-bond acceptors (Lipinski definition) is 3. The van der Waals surface area contributed by atoms with Gasteiger partial charge < -0.3 is 9.30 Å². The van der Waals surface area contributed by atoms with Crippen LogP contribution in [-0.2, 0) is 18.2 Å². The van der Waals surface area contributed by atoms with Gasteiger partial charge in [0.25, 0.3) is 5.56 Å². The maximum atomic E-state index is 12.5. The van der Waals surface area contributed by atoms with Gasteiger partial charge in [0.1, 0.15) is 5.56 Å². The van der Waals surface area contributed by atoms with Gasteiger partial charge in [0, 0.05) is 12.6 Å². The van der Waals surface area contributed by atoms with Gasteiger partial charge in [-0.15, -0.1) is 0 Å². The molecule has 0 fully saturated rings. The van der Waals surface area contributed by atoms with Crippen molar-refractivity contribution in [1.29, 1.82) is 0 Å². The summed E-state index contributed by atoms with van der Waals surface area (Å²) in [5, 5.41) is 0. The summed E-state index contributed by atoms with van der Waals surface area (Å²) in [5.74, 6) is -0.328. The van der Waals surface area contributed by atoms with E-state index in [0.717, 1.165) is 28.8 Å². The number of rotatable bonds is 1. The smallest absolute Gasteiger partial charge is 0.343 e. The summed E-state index contributed by atoms with van der Waals surface area (Å²) in [4.78, 5) is 24.3. The molecule has 4 nitrogen and oxygen atoms in total. The summed E-state index contributed by atoms with van der Waals surface area (Å²) in [6, 6.07) is 8.04. The minimum absolute atomic E-state index is 0.103. The molecule has 1 atom stereocenters. The van der Waals surface area contributed by atoms with Crippen LogP contribution < -0.4 is 5.56 Å². The van der Waals surface area contributed by atoms with Crippen molar-refractivity contribution in [3.63, 3.8) is 0 Å². The summed E-state index contributed by atoms with van der Waals surface area (Å²) < 4.78 is 6.31. The molecule has 3 rings (SSSR count). The van der Waals surface area contributed by atoms with Crippen molar-refractivity contribution >= 4 is 5.97 Å². The van der Waals surface area contributed by atoms with E-state index in [-0.39, 0.29) is 17.0 Å². The van der Waals surface area contributed by atoms with Gasteiger partial charge in [-0.25, -0.2) is 4.79 Å². The van der Waals surface area contributed by atoms with Crippen LogP contribution in [0.3, 0.4) is 0 Å².